The molecule has 1 heterocycles. The molecule has 1 aliphatic heterocycles. The fourth-order valence-electron chi connectivity index (χ4n) is 2.21. The number of nitrogens with zero attached hydrogens (tertiary/aromatic N) is 1. The van der Waals surface area contributed by atoms with Crippen molar-refractivity contribution in [3.8, 4) is 0 Å². The number of sulfonamides is 1. The molecule has 2 atom stereocenters. The minimum atomic E-state index is -3.82. The van der Waals surface area contributed by atoms with E-state index in [1.54, 1.807) is 13.8 Å². The van der Waals surface area contributed by atoms with Crippen molar-refractivity contribution in [3.63, 3.8) is 0 Å². The highest BCUT2D eigenvalue weighted by atomic mass is 35.5. The molecule has 8 heteroatoms. The molecule has 20 heavy (non-hydrogen) atoms. The Morgan fingerprint density at radius 2 is 1.90 bits per heavy atom. The molecule has 1 aliphatic rings. The molecule has 0 radical (unpaired) electrons. The van der Waals surface area contributed by atoms with Crippen molar-refractivity contribution in [2.45, 2.75) is 31.0 Å². The van der Waals surface area contributed by atoms with Gasteiger partial charge in [-0.2, -0.15) is 4.31 Å². The van der Waals surface area contributed by atoms with E-state index in [9.17, 15) is 12.8 Å². The van der Waals surface area contributed by atoms with Gasteiger partial charge in [0, 0.05) is 13.1 Å². The van der Waals surface area contributed by atoms with Crippen LogP contribution in [0.25, 0.3) is 0 Å². The SMILES string of the molecule is C[C@@H]1CN(S(=O)(=O)c2cc(N)c(F)cc2Cl)C[C@H](C)O1. The van der Waals surface area contributed by atoms with Gasteiger partial charge in [0.05, 0.1) is 22.9 Å². The van der Waals surface area contributed by atoms with Crippen molar-refractivity contribution in [2.24, 2.45) is 0 Å². The molecule has 2 rings (SSSR count). The maximum absolute atomic E-state index is 13.3. The summed E-state index contributed by atoms with van der Waals surface area (Å²) >= 11 is 5.85. The molecular weight excluding hydrogens is 307 g/mol. The Bertz CT molecular complexity index is 613. The minimum absolute atomic E-state index is 0.177. The number of halogens is 2. The van der Waals surface area contributed by atoms with Gasteiger partial charge >= 0.3 is 0 Å². The molecule has 1 fully saturated rings. The largest absolute Gasteiger partial charge is 0.396 e. The molecule has 0 aromatic heterocycles. The Balaban J connectivity index is 2.42. The van der Waals surface area contributed by atoms with Crippen LogP contribution in [0.1, 0.15) is 13.8 Å². The molecule has 2 N–H and O–H groups in total. The number of hydrogen-bond acceptors (Lipinski definition) is 4. The number of benzene rings is 1. The van der Waals surface area contributed by atoms with Crippen molar-refractivity contribution < 1.29 is 17.5 Å². The predicted octanol–water partition coefficient (Wildman–Crippen LogP) is 1.86. The Morgan fingerprint density at radius 3 is 2.45 bits per heavy atom. The van der Waals surface area contributed by atoms with Crippen molar-refractivity contribution in [1.29, 1.82) is 0 Å². The zero-order chi connectivity index (χ0) is 15.1. The van der Waals surface area contributed by atoms with Crippen molar-refractivity contribution in [2.75, 3.05) is 18.8 Å². The van der Waals surface area contributed by atoms with E-state index < -0.39 is 15.8 Å². The lowest BCUT2D eigenvalue weighted by Gasteiger charge is -2.34. The summed E-state index contributed by atoms with van der Waals surface area (Å²) < 4.78 is 45.2. The van der Waals surface area contributed by atoms with E-state index in [4.69, 9.17) is 22.1 Å². The lowest BCUT2D eigenvalue weighted by molar-refractivity contribution is -0.0440. The summed E-state index contributed by atoms with van der Waals surface area (Å²) in [4.78, 5) is -0.181. The lowest BCUT2D eigenvalue weighted by atomic mass is 10.3. The molecule has 1 aromatic rings. The monoisotopic (exact) mass is 322 g/mol. The molecule has 5 nitrogen and oxygen atoms in total. The third kappa shape index (κ3) is 2.90. The fourth-order valence-corrected chi connectivity index (χ4v) is 4.32. The third-order valence-electron chi connectivity index (χ3n) is 3.06. The lowest BCUT2D eigenvalue weighted by Crippen LogP contribution is -2.48. The van der Waals surface area contributed by atoms with Crippen LogP contribution in [-0.2, 0) is 14.8 Å². The highest BCUT2D eigenvalue weighted by molar-refractivity contribution is 7.89. The molecule has 0 spiro atoms. The smallest absolute Gasteiger partial charge is 0.244 e. The van der Waals surface area contributed by atoms with E-state index in [1.165, 1.54) is 4.31 Å². The van der Waals surface area contributed by atoms with Gasteiger partial charge in [0.15, 0.2) is 0 Å². The van der Waals surface area contributed by atoms with Crippen LogP contribution in [0.3, 0.4) is 0 Å². The van der Waals surface area contributed by atoms with Crippen LogP contribution in [0.4, 0.5) is 10.1 Å². The van der Waals surface area contributed by atoms with E-state index in [-0.39, 0.29) is 40.9 Å². The van der Waals surface area contributed by atoms with Gasteiger partial charge in [-0.05, 0) is 26.0 Å². The normalized spacial score (nSPS) is 24.8. The van der Waals surface area contributed by atoms with Crippen LogP contribution in [0.2, 0.25) is 5.02 Å². The van der Waals surface area contributed by atoms with Gasteiger partial charge in [-0.15, -0.1) is 0 Å². The summed E-state index contributed by atoms with van der Waals surface area (Å²) in [5, 5.41) is -0.177. The molecule has 112 valence electrons. The first-order valence-corrected chi connectivity index (χ1v) is 7.93. The molecule has 0 bridgehead atoms. The minimum Gasteiger partial charge on any atom is -0.396 e. The van der Waals surface area contributed by atoms with Crippen molar-refractivity contribution >= 4 is 27.3 Å². The average molecular weight is 323 g/mol. The second-order valence-electron chi connectivity index (χ2n) is 4.88. The van der Waals surface area contributed by atoms with Crippen LogP contribution >= 0.6 is 11.6 Å². The molecule has 0 saturated carbocycles. The molecule has 0 aliphatic carbocycles. The summed E-state index contributed by atoms with van der Waals surface area (Å²) in [6.45, 7) is 4.03. The highest BCUT2D eigenvalue weighted by Gasteiger charge is 2.33. The fraction of sp³-hybridized carbons (Fsp3) is 0.500. The zero-order valence-electron chi connectivity index (χ0n) is 11.1. The van der Waals surface area contributed by atoms with Crippen LogP contribution < -0.4 is 5.73 Å². The molecular formula is C12H16ClFN2O3S. The zero-order valence-corrected chi connectivity index (χ0v) is 12.7. The second kappa shape index (κ2) is 5.48. The van der Waals surface area contributed by atoms with Gasteiger partial charge in [-0.1, -0.05) is 11.6 Å². The van der Waals surface area contributed by atoms with E-state index >= 15 is 0 Å². The first-order chi connectivity index (χ1) is 9.21. The standard InChI is InChI=1S/C12H16ClFN2O3S/c1-7-5-16(6-8(2)19-7)20(17,18)12-4-11(15)10(14)3-9(12)13/h3-4,7-8H,5-6,15H2,1-2H3/t7-,8+. The van der Waals surface area contributed by atoms with E-state index in [0.717, 1.165) is 12.1 Å². The number of ether oxygens (including phenoxy) is 1. The van der Waals surface area contributed by atoms with Crippen LogP contribution in [0.15, 0.2) is 17.0 Å². The predicted molar refractivity (Wildman–Crippen MR) is 74.6 cm³/mol. The van der Waals surface area contributed by atoms with Crippen molar-refractivity contribution in [3.05, 3.63) is 23.0 Å². The van der Waals surface area contributed by atoms with Gasteiger partial charge in [-0.25, -0.2) is 12.8 Å². The average Bonchev–Trinajstić information content (AvgIpc) is 2.32. The molecule has 1 saturated heterocycles. The summed E-state index contributed by atoms with van der Waals surface area (Å²) in [6.07, 6.45) is -0.435. The molecule has 0 unspecified atom stereocenters. The number of morpholine rings is 1. The number of hydrogen-bond donors (Lipinski definition) is 1. The quantitative estimate of drug-likeness (QED) is 0.844. The Kier molecular flexibility index (Phi) is 4.24. The first-order valence-electron chi connectivity index (χ1n) is 6.12. The van der Waals surface area contributed by atoms with Gasteiger partial charge in [-0.3, -0.25) is 0 Å². The van der Waals surface area contributed by atoms with Crippen LogP contribution in [0.5, 0.6) is 0 Å². The Labute approximate surface area is 122 Å². The summed E-state index contributed by atoms with van der Waals surface area (Å²) in [6, 6.07) is 1.97. The first kappa shape index (κ1) is 15.5. The highest BCUT2D eigenvalue weighted by Crippen LogP contribution is 2.30. The van der Waals surface area contributed by atoms with Gasteiger partial charge in [0.25, 0.3) is 0 Å². The second-order valence-corrected chi connectivity index (χ2v) is 7.20. The number of nitrogens with two attached hydrogens (primary N) is 1. The maximum Gasteiger partial charge on any atom is 0.244 e. The van der Waals surface area contributed by atoms with Crippen molar-refractivity contribution in [1.82, 2.24) is 4.31 Å². The number of rotatable bonds is 2. The Morgan fingerprint density at radius 1 is 1.35 bits per heavy atom. The molecule has 0 amide bonds. The number of anilines is 1. The van der Waals surface area contributed by atoms with E-state index in [0.29, 0.717) is 0 Å². The van der Waals surface area contributed by atoms with Gasteiger partial charge in [0.2, 0.25) is 10.0 Å². The summed E-state index contributed by atoms with van der Waals surface area (Å²) in [7, 11) is -3.82. The van der Waals surface area contributed by atoms with Gasteiger partial charge < -0.3 is 10.5 Å². The maximum atomic E-state index is 13.3. The topological polar surface area (TPSA) is 72.6 Å². The van der Waals surface area contributed by atoms with E-state index in [1.807, 2.05) is 0 Å². The van der Waals surface area contributed by atoms with E-state index in [2.05, 4.69) is 0 Å². The van der Waals surface area contributed by atoms with Gasteiger partial charge in [0.1, 0.15) is 10.7 Å². The van der Waals surface area contributed by atoms with Crippen LogP contribution in [-0.4, -0.2) is 38.0 Å². The summed E-state index contributed by atoms with van der Waals surface area (Å²) in [5.74, 6) is -0.738. The summed E-state index contributed by atoms with van der Waals surface area (Å²) in [5.41, 5.74) is 5.18. The third-order valence-corrected chi connectivity index (χ3v) is 5.35. The molecule has 1 aromatic carbocycles. The van der Waals surface area contributed by atoms with Crippen LogP contribution in [0, 0.1) is 5.82 Å². The number of nitrogen functional groups attached to an aromatic ring is 1. The Hall–Kier alpha value is -0.890.